The lowest BCUT2D eigenvalue weighted by molar-refractivity contribution is 0.256. The Morgan fingerprint density at radius 2 is 2.38 bits per heavy atom. The van der Waals surface area contributed by atoms with E-state index in [2.05, 4.69) is 21.8 Å². The van der Waals surface area contributed by atoms with E-state index in [1.54, 1.807) is 11.3 Å². The van der Waals surface area contributed by atoms with Crippen molar-refractivity contribution < 1.29 is 0 Å². The molecule has 16 heavy (non-hydrogen) atoms. The summed E-state index contributed by atoms with van der Waals surface area (Å²) in [5, 5.41) is 0.684. The van der Waals surface area contributed by atoms with Gasteiger partial charge in [-0.3, -0.25) is 4.90 Å². The molecule has 0 atom stereocenters. The molecule has 1 aromatic heterocycles. The lowest BCUT2D eigenvalue weighted by Crippen LogP contribution is -2.30. The van der Waals surface area contributed by atoms with Crippen molar-refractivity contribution in [3.8, 4) is 0 Å². The van der Waals surface area contributed by atoms with Crippen molar-refractivity contribution in [2.45, 2.75) is 26.3 Å². The van der Waals surface area contributed by atoms with Crippen LogP contribution in [0.3, 0.4) is 0 Å². The number of hydrogen-bond acceptors (Lipinski definition) is 4. The van der Waals surface area contributed by atoms with E-state index >= 15 is 0 Å². The van der Waals surface area contributed by atoms with Gasteiger partial charge in [0.2, 0.25) is 5.13 Å². The van der Waals surface area contributed by atoms with Crippen molar-refractivity contribution in [3.05, 3.63) is 10.6 Å². The second kappa shape index (κ2) is 4.80. The second-order valence-corrected chi connectivity index (χ2v) is 4.99. The minimum absolute atomic E-state index is 0.0801. The zero-order valence-electron chi connectivity index (χ0n) is 9.44. The zero-order chi connectivity index (χ0) is 11.5. The predicted molar refractivity (Wildman–Crippen MR) is 66.9 cm³/mol. The van der Waals surface area contributed by atoms with E-state index in [0.717, 1.165) is 31.7 Å². The maximum absolute atomic E-state index is 5.34. The van der Waals surface area contributed by atoms with Crippen LogP contribution in [0.25, 0.3) is 0 Å². The van der Waals surface area contributed by atoms with Crippen LogP contribution in [-0.4, -0.2) is 28.9 Å². The van der Waals surface area contributed by atoms with E-state index in [1.165, 1.54) is 11.3 Å². The summed E-state index contributed by atoms with van der Waals surface area (Å²) in [6.07, 6.45) is 2.20. The fourth-order valence-electron chi connectivity index (χ4n) is 1.90. The summed E-state index contributed by atoms with van der Waals surface area (Å²) in [4.78, 5) is 12.2. The number of aromatic nitrogens is 1. The average molecular weight is 239 g/mol. The maximum Gasteiger partial charge on any atom is 0.212 e. The van der Waals surface area contributed by atoms with Crippen LogP contribution in [0, 0.1) is 0 Å². The summed E-state index contributed by atoms with van der Waals surface area (Å²) >= 11 is 1.59. The molecule has 0 fully saturated rings. The van der Waals surface area contributed by atoms with E-state index in [1.807, 2.05) is 0 Å². The molecule has 0 amide bonds. The molecular formula is C10H17N5S. The first kappa shape index (κ1) is 11.3. The van der Waals surface area contributed by atoms with Gasteiger partial charge in [-0.1, -0.05) is 18.3 Å². The number of aliphatic imine (C=N–C) groups is 1. The Bertz CT molecular complexity index is 394. The standard InChI is InChI=1S/C10H17N5S/c1-2-4-15-5-3-7-8(6-15)16-10(13-7)14-9(11)12/h2-6H2,1H3,(H4,11,12,13,14). The number of nitrogens with two attached hydrogens (primary N) is 2. The summed E-state index contributed by atoms with van der Waals surface area (Å²) < 4.78 is 0. The van der Waals surface area contributed by atoms with Gasteiger partial charge in [0.05, 0.1) is 5.69 Å². The van der Waals surface area contributed by atoms with Gasteiger partial charge in [-0.2, -0.15) is 4.99 Å². The molecule has 4 N–H and O–H groups in total. The van der Waals surface area contributed by atoms with Gasteiger partial charge in [-0.15, -0.1) is 0 Å². The monoisotopic (exact) mass is 239 g/mol. The van der Waals surface area contributed by atoms with Gasteiger partial charge in [-0.25, -0.2) is 4.98 Å². The normalized spacial score (nSPS) is 15.8. The van der Waals surface area contributed by atoms with Gasteiger partial charge >= 0.3 is 0 Å². The van der Waals surface area contributed by atoms with Crippen molar-refractivity contribution in [2.75, 3.05) is 13.1 Å². The van der Waals surface area contributed by atoms with Crippen molar-refractivity contribution in [1.29, 1.82) is 0 Å². The van der Waals surface area contributed by atoms with Crippen LogP contribution in [0.4, 0.5) is 5.13 Å². The summed E-state index contributed by atoms with van der Waals surface area (Å²) in [7, 11) is 0. The Labute approximate surface area is 99.2 Å². The van der Waals surface area contributed by atoms with Crippen LogP contribution in [0.15, 0.2) is 4.99 Å². The van der Waals surface area contributed by atoms with Crippen LogP contribution in [0.5, 0.6) is 0 Å². The summed E-state index contributed by atoms with van der Waals surface area (Å²) in [5.74, 6) is 0.0801. The molecule has 0 radical (unpaired) electrons. The van der Waals surface area contributed by atoms with E-state index in [0.29, 0.717) is 5.13 Å². The molecule has 1 aromatic rings. The minimum Gasteiger partial charge on any atom is -0.370 e. The average Bonchev–Trinajstić information content (AvgIpc) is 2.58. The molecule has 88 valence electrons. The highest BCUT2D eigenvalue weighted by Crippen LogP contribution is 2.29. The summed E-state index contributed by atoms with van der Waals surface area (Å²) in [6.45, 7) is 5.43. The highest BCUT2D eigenvalue weighted by molar-refractivity contribution is 7.15. The van der Waals surface area contributed by atoms with Crippen molar-refractivity contribution in [1.82, 2.24) is 9.88 Å². The molecule has 0 aromatic carbocycles. The predicted octanol–water partition coefficient (Wildman–Crippen LogP) is 0.816. The van der Waals surface area contributed by atoms with Gasteiger partial charge in [0.1, 0.15) is 0 Å². The van der Waals surface area contributed by atoms with Gasteiger partial charge in [0.25, 0.3) is 0 Å². The number of thiazole rings is 1. The Kier molecular flexibility index (Phi) is 3.40. The van der Waals surface area contributed by atoms with Crippen LogP contribution < -0.4 is 11.5 Å². The van der Waals surface area contributed by atoms with Crippen LogP contribution in [0.1, 0.15) is 23.9 Å². The minimum atomic E-state index is 0.0801. The van der Waals surface area contributed by atoms with Crippen LogP contribution >= 0.6 is 11.3 Å². The topological polar surface area (TPSA) is 80.5 Å². The quantitative estimate of drug-likeness (QED) is 0.604. The Morgan fingerprint density at radius 3 is 3.06 bits per heavy atom. The Balaban J connectivity index is 2.13. The van der Waals surface area contributed by atoms with Gasteiger partial charge in [0, 0.05) is 24.4 Å². The van der Waals surface area contributed by atoms with E-state index < -0.39 is 0 Å². The Morgan fingerprint density at radius 1 is 1.56 bits per heavy atom. The molecule has 0 saturated heterocycles. The SMILES string of the molecule is CCCN1CCc2nc(N=C(N)N)sc2C1. The van der Waals surface area contributed by atoms with Gasteiger partial charge < -0.3 is 11.5 Å². The molecule has 2 heterocycles. The molecular weight excluding hydrogens is 222 g/mol. The third-order valence-corrected chi connectivity index (χ3v) is 3.54. The first-order valence-corrected chi connectivity index (χ1v) is 6.31. The molecule has 0 spiro atoms. The van der Waals surface area contributed by atoms with Crippen LogP contribution in [-0.2, 0) is 13.0 Å². The third kappa shape index (κ3) is 2.51. The zero-order valence-corrected chi connectivity index (χ0v) is 10.3. The van der Waals surface area contributed by atoms with Crippen molar-refractivity contribution in [2.24, 2.45) is 16.5 Å². The molecule has 5 nitrogen and oxygen atoms in total. The van der Waals surface area contributed by atoms with Gasteiger partial charge in [0.15, 0.2) is 5.96 Å². The van der Waals surface area contributed by atoms with Crippen molar-refractivity contribution in [3.63, 3.8) is 0 Å². The first-order chi connectivity index (χ1) is 7.69. The fraction of sp³-hybridized carbons (Fsp3) is 0.600. The largest absolute Gasteiger partial charge is 0.370 e. The third-order valence-electron chi connectivity index (χ3n) is 2.56. The molecule has 2 rings (SSSR count). The highest BCUT2D eigenvalue weighted by Gasteiger charge is 2.19. The molecule has 1 aliphatic heterocycles. The Hall–Kier alpha value is -1.14. The second-order valence-electron chi connectivity index (χ2n) is 3.93. The molecule has 1 aliphatic rings. The van der Waals surface area contributed by atoms with Crippen LogP contribution in [0.2, 0.25) is 0 Å². The molecule has 6 heteroatoms. The number of hydrogen-bond donors (Lipinski definition) is 2. The van der Waals surface area contributed by atoms with Crippen molar-refractivity contribution >= 4 is 22.4 Å². The lowest BCUT2D eigenvalue weighted by atomic mass is 10.2. The molecule has 0 bridgehead atoms. The number of guanidine groups is 1. The first-order valence-electron chi connectivity index (χ1n) is 5.49. The lowest BCUT2D eigenvalue weighted by Gasteiger charge is -2.24. The number of nitrogens with zero attached hydrogens (tertiary/aromatic N) is 3. The smallest absolute Gasteiger partial charge is 0.212 e. The van der Waals surface area contributed by atoms with E-state index in [4.69, 9.17) is 11.5 Å². The number of fused-ring (bicyclic) bond motifs is 1. The molecule has 0 aliphatic carbocycles. The van der Waals surface area contributed by atoms with Gasteiger partial charge in [-0.05, 0) is 13.0 Å². The highest BCUT2D eigenvalue weighted by atomic mass is 32.1. The maximum atomic E-state index is 5.34. The number of rotatable bonds is 3. The summed E-state index contributed by atoms with van der Waals surface area (Å²) in [6, 6.07) is 0. The van der Waals surface area contributed by atoms with E-state index in [-0.39, 0.29) is 5.96 Å². The fourth-order valence-corrected chi connectivity index (χ4v) is 2.94. The summed E-state index contributed by atoms with van der Waals surface area (Å²) in [5.41, 5.74) is 11.8. The van der Waals surface area contributed by atoms with E-state index in [9.17, 15) is 0 Å². The molecule has 0 unspecified atom stereocenters. The molecule has 0 saturated carbocycles.